The van der Waals surface area contributed by atoms with Crippen LogP contribution in [0.25, 0.3) is 0 Å². The number of aromatic nitrogens is 1. The summed E-state index contributed by atoms with van der Waals surface area (Å²) in [5, 5.41) is 17.6. The second-order valence-electron chi connectivity index (χ2n) is 8.14. The first-order valence-corrected chi connectivity index (χ1v) is 12.7. The molecule has 176 valence electrons. The van der Waals surface area contributed by atoms with E-state index in [9.17, 15) is 19.5 Å². The van der Waals surface area contributed by atoms with Crippen LogP contribution >= 0.6 is 34.9 Å². The van der Waals surface area contributed by atoms with Gasteiger partial charge in [0.1, 0.15) is 21.9 Å². The molecule has 4 N–H and O–H groups in total. The first-order chi connectivity index (χ1) is 15.0. The number of nitrogens with two attached hydrogens (primary N) is 1. The SMILES string of the molecule is CSC1(C(=O)O)CS[C@@H]2C(NC(=O)C(=NOCOC(C)(C)C)c3csc(N)n3)C(=O)N2C1. The van der Waals surface area contributed by atoms with E-state index in [1.165, 1.54) is 28.4 Å². The monoisotopic (exact) mass is 503 g/mol. The lowest BCUT2D eigenvalue weighted by Crippen LogP contribution is -2.74. The molecule has 0 aliphatic carbocycles. The number of thioether (sulfide) groups is 2. The quantitative estimate of drug-likeness (QED) is 0.152. The fourth-order valence-electron chi connectivity index (χ4n) is 3.00. The Morgan fingerprint density at radius 2 is 2.22 bits per heavy atom. The molecule has 3 rings (SSSR count). The molecule has 2 aliphatic rings. The smallest absolute Gasteiger partial charge is 0.322 e. The maximum Gasteiger partial charge on any atom is 0.322 e. The molecule has 1 aromatic rings. The average Bonchev–Trinajstić information content (AvgIpc) is 3.16. The molecule has 2 unspecified atom stereocenters. The zero-order chi connectivity index (χ0) is 23.7. The fourth-order valence-corrected chi connectivity index (χ4v) is 6.05. The first kappa shape index (κ1) is 24.6. The molecule has 0 spiro atoms. The van der Waals surface area contributed by atoms with Crippen LogP contribution in [0.2, 0.25) is 0 Å². The van der Waals surface area contributed by atoms with Crippen molar-refractivity contribution in [1.82, 2.24) is 15.2 Å². The van der Waals surface area contributed by atoms with Crippen molar-refractivity contribution in [1.29, 1.82) is 0 Å². The van der Waals surface area contributed by atoms with Crippen molar-refractivity contribution in [2.24, 2.45) is 5.16 Å². The molecule has 0 bridgehead atoms. The van der Waals surface area contributed by atoms with Crippen molar-refractivity contribution in [3.63, 3.8) is 0 Å². The number of hydrogen-bond acceptors (Lipinski definition) is 11. The summed E-state index contributed by atoms with van der Waals surface area (Å²) in [6.07, 6.45) is 1.71. The predicted octanol–water partition coefficient (Wildman–Crippen LogP) is 0.805. The van der Waals surface area contributed by atoms with Gasteiger partial charge in [0.15, 0.2) is 10.8 Å². The van der Waals surface area contributed by atoms with Crippen molar-refractivity contribution < 1.29 is 29.1 Å². The number of hydrogen-bond donors (Lipinski definition) is 3. The van der Waals surface area contributed by atoms with Gasteiger partial charge in [0.2, 0.25) is 12.7 Å². The summed E-state index contributed by atoms with van der Waals surface area (Å²) in [4.78, 5) is 48.0. The number of carbonyl (C=O) groups is 3. The van der Waals surface area contributed by atoms with E-state index >= 15 is 0 Å². The Hall–Kier alpha value is -2.03. The number of anilines is 1. The second-order valence-corrected chi connectivity index (χ2v) is 11.3. The Balaban J connectivity index is 1.69. The molecular weight excluding hydrogens is 478 g/mol. The summed E-state index contributed by atoms with van der Waals surface area (Å²) in [5.41, 5.74) is 5.31. The third kappa shape index (κ3) is 5.13. The number of rotatable bonds is 8. The number of β-lactam (4-membered cyclic amide) rings is 1. The average molecular weight is 504 g/mol. The van der Waals surface area contributed by atoms with Crippen LogP contribution in [-0.4, -0.2) is 85.6 Å². The van der Waals surface area contributed by atoms with E-state index in [2.05, 4.69) is 15.5 Å². The summed E-state index contributed by atoms with van der Waals surface area (Å²) in [6, 6.07) is -0.798. The van der Waals surface area contributed by atoms with Gasteiger partial charge in [0, 0.05) is 17.7 Å². The van der Waals surface area contributed by atoms with Crippen LogP contribution in [0, 0.1) is 0 Å². The van der Waals surface area contributed by atoms with E-state index < -0.39 is 28.3 Å². The van der Waals surface area contributed by atoms with Crippen LogP contribution < -0.4 is 11.1 Å². The van der Waals surface area contributed by atoms with Gasteiger partial charge in [-0.2, -0.15) is 0 Å². The number of nitrogen functional groups attached to an aromatic ring is 1. The highest BCUT2D eigenvalue weighted by atomic mass is 32.2. The van der Waals surface area contributed by atoms with Gasteiger partial charge in [-0.05, 0) is 27.0 Å². The van der Waals surface area contributed by atoms with E-state index in [-0.39, 0.29) is 41.2 Å². The molecule has 1 aromatic heterocycles. The minimum absolute atomic E-state index is 0.0865. The zero-order valence-corrected chi connectivity index (χ0v) is 20.4. The van der Waals surface area contributed by atoms with E-state index in [0.29, 0.717) is 5.75 Å². The number of oxime groups is 1. The van der Waals surface area contributed by atoms with Gasteiger partial charge < -0.3 is 30.6 Å². The molecule has 32 heavy (non-hydrogen) atoms. The van der Waals surface area contributed by atoms with Crippen molar-refractivity contribution in [2.45, 2.75) is 42.5 Å². The highest BCUT2D eigenvalue weighted by Crippen LogP contribution is 2.43. The number of carboxylic acids is 1. The van der Waals surface area contributed by atoms with Crippen molar-refractivity contribution >= 4 is 63.5 Å². The van der Waals surface area contributed by atoms with Crippen LogP contribution in [0.1, 0.15) is 26.5 Å². The summed E-state index contributed by atoms with van der Waals surface area (Å²) in [5.74, 6) is -1.63. The molecule has 3 atom stereocenters. The lowest BCUT2D eigenvalue weighted by Gasteiger charge is -2.53. The van der Waals surface area contributed by atoms with Gasteiger partial charge >= 0.3 is 5.97 Å². The zero-order valence-electron chi connectivity index (χ0n) is 18.0. The summed E-state index contributed by atoms with van der Waals surface area (Å²) in [7, 11) is 0. The van der Waals surface area contributed by atoms with Crippen LogP contribution in [0.4, 0.5) is 5.13 Å². The Labute approximate surface area is 197 Å². The van der Waals surface area contributed by atoms with Gasteiger partial charge in [-0.3, -0.25) is 14.4 Å². The maximum atomic E-state index is 12.9. The Kier molecular flexibility index (Phi) is 7.27. The highest BCUT2D eigenvalue weighted by Gasteiger charge is 2.57. The third-order valence-corrected chi connectivity index (χ3v) is 8.42. The molecule has 2 aliphatic heterocycles. The predicted molar refractivity (Wildman–Crippen MR) is 124 cm³/mol. The number of thiazole rings is 1. The largest absolute Gasteiger partial charge is 0.480 e. The number of nitrogens with zero attached hydrogens (tertiary/aromatic N) is 3. The van der Waals surface area contributed by atoms with Gasteiger partial charge in [-0.25, -0.2) is 4.98 Å². The van der Waals surface area contributed by atoms with E-state index in [0.717, 1.165) is 11.3 Å². The lowest BCUT2D eigenvalue weighted by molar-refractivity contribution is -0.151. The van der Waals surface area contributed by atoms with E-state index in [1.54, 1.807) is 11.6 Å². The number of amides is 2. The minimum atomic E-state index is -1.06. The number of ether oxygens (including phenoxy) is 1. The third-order valence-electron chi connectivity index (χ3n) is 4.80. The summed E-state index contributed by atoms with van der Waals surface area (Å²) < 4.78 is 4.38. The number of carboxylic acid groups (broad SMARTS) is 1. The van der Waals surface area contributed by atoms with Crippen LogP contribution in [0.15, 0.2) is 10.5 Å². The molecule has 2 amide bonds. The second kappa shape index (κ2) is 9.45. The highest BCUT2D eigenvalue weighted by molar-refractivity contribution is 8.04. The van der Waals surface area contributed by atoms with Crippen molar-refractivity contribution in [3.05, 3.63) is 11.1 Å². The molecule has 0 radical (unpaired) electrons. The molecule has 0 aromatic carbocycles. The topological polar surface area (TPSA) is 156 Å². The van der Waals surface area contributed by atoms with Crippen LogP contribution in [0.3, 0.4) is 0 Å². The van der Waals surface area contributed by atoms with Gasteiger partial charge in [-0.1, -0.05) is 5.16 Å². The van der Waals surface area contributed by atoms with Gasteiger partial charge in [0.05, 0.1) is 5.60 Å². The molecular formula is C18H25N5O6S3. The van der Waals surface area contributed by atoms with Crippen LogP contribution in [0.5, 0.6) is 0 Å². The van der Waals surface area contributed by atoms with E-state index in [4.69, 9.17) is 15.3 Å². The minimum Gasteiger partial charge on any atom is -0.480 e. The molecule has 0 saturated carbocycles. The van der Waals surface area contributed by atoms with Gasteiger partial charge in [0.25, 0.3) is 5.91 Å². The number of fused-ring (bicyclic) bond motifs is 1. The number of aliphatic carboxylic acids is 1. The molecule has 2 saturated heterocycles. The normalized spacial score (nSPS) is 25.7. The maximum absolute atomic E-state index is 12.9. The Morgan fingerprint density at radius 1 is 1.50 bits per heavy atom. The fraction of sp³-hybridized carbons (Fsp3) is 0.611. The molecule has 3 heterocycles. The van der Waals surface area contributed by atoms with Crippen LogP contribution in [-0.2, 0) is 24.0 Å². The van der Waals surface area contributed by atoms with Gasteiger partial charge in [-0.15, -0.1) is 34.9 Å². The van der Waals surface area contributed by atoms with Crippen molar-refractivity contribution in [2.75, 3.05) is 31.1 Å². The lowest BCUT2D eigenvalue weighted by atomic mass is 10.0. The number of nitrogens with one attached hydrogen (secondary N) is 1. The Bertz CT molecular complexity index is 932. The summed E-state index contributed by atoms with van der Waals surface area (Å²) in [6.45, 7) is 5.45. The van der Waals surface area contributed by atoms with Crippen molar-refractivity contribution in [3.8, 4) is 0 Å². The first-order valence-electron chi connectivity index (χ1n) is 9.54. The summed E-state index contributed by atoms with van der Waals surface area (Å²) >= 11 is 3.67. The number of carbonyl (C=O) groups excluding carboxylic acids is 2. The molecule has 11 nitrogen and oxygen atoms in total. The Morgan fingerprint density at radius 3 is 2.78 bits per heavy atom. The standard InChI is InChI=1S/C18H25N5O6S3/c1-17(2,3)28-8-29-22-10(9-5-31-16(19)20-9)12(24)21-11-13(25)23-6-18(30-4,15(26)27)7-32-14(11)23/h5,11,14H,6-8H2,1-4H3,(H2,19,20)(H,21,24)(H,26,27)/t11?,14-,18?/m1/s1. The molecule has 14 heteroatoms. The van der Waals surface area contributed by atoms with E-state index in [1.807, 2.05) is 20.8 Å². The molecule has 2 fully saturated rings.